The monoisotopic (exact) mass is 262 g/mol. The second-order valence-electron chi connectivity index (χ2n) is 4.07. The minimum absolute atomic E-state index is 0.509. The van der Waals surface area contributed by atoms with E-state index in [0.29, 0.717) is 5.13 Å². The molecule has 96 valence electrons. The molecular formula is C13H18N4S. The highest BCUT2D eigenvalue weighted by Crippen LogP contribution is 2.26. The molecule has 0 amide bonds. The molecule has 0 aliphatic heterocycles. The summed E-state index contributed by atoms with van der Waals surface area (Å²) in [5.41, 5.74) is 7.91. The summed E-state index contributed by atoms with van der Waals surface area (Å²) in [5, 5.41) is 9.26. The van der Waals surface area contributed by atoms with Crippen molar-refractivity contribution in [3.8, 4) is 10.6 Å². The minimum Gasteiger partial charge on any atom is -0.374 e. The Hall–Kier alpha value is -1.62. The first-order valence-corrected chi connectivity index (χ1v) is 7.00. The lowest BCUT2D eigenvalue weighted by Gasteiger charge is -2.22. The summed E-state index contributed by atoms with van der Waals surface area (Å²) in [6.45, 7) is 6.48. The molecule has 0 radical (unpaired) electrons. The maximum Gasteiger partial charge on any atom is 0.203 e. The number of rotatable bonds is 5. The average Bonchev–Trinajstić information content (AvgIpc) is 2.83. The number of aromatic nitrogens is 2. The van der Waals surface area contributed by atoms with Crippen LogP contribution >= 0.6 is 11.3 Å². The fourth-order valence-corrected chi connectivity index (χ4v) is 2.52. The third-order valence-electron chi connectivity index (χ3n) is 2.80. The Bertz CT molecular complexity index is 492. The topological polar surface area (TPSA) is 55.0 Å². The van der Waals surface area contributed by atoms with Crippen LogP contribution in [0.2, 0.25) is 0 Å². The summed E-state index contributed by atoms with van der Waals surface area (Å²) in [5.74, 6) is 0. The minimum atomic E-state index is 0.509. The average molecular weight is 262 g/mol. The molecule has 2 N–H and O–H groups in total. The highest BCUT2D eigenvalue weighted by Gasteiger charge is 2.06. The van der Waals surface area contributed by atoms with Crippen molar-refractivity contribution in [2.45, 2.75) is 20.3 Å². The highest BCUT2D eigenvalue weighted by molar-refractivity contribution is 7.18. The van der Waals surface area contributed by atoms with Gasteiger partial charge in [-0.05, 0) is 37.6 Å². The smallest absolute Gasteiger partial charge is 0.203 e. The Balaban J connectivity index is 2.19. The number of benzene rings is 1. The van der Waals surface area contributed by atoms with Gasteiger partial charge >= 0.3 is 0 Å². The summed E-state index contributed by atoms with van der Waals surface area (Å²) >= 11 is 1.41. The highest BCUT2D eigenvalue weighted by atomic mass is 32.1. The Morgan fingerprint density at radius 1 is 1.17 bits per heavy atom. The molecule has 0 bridgehead atoms. The van der Waals surface area contributed by atoms with Crippen molar-refractivity contribution >= 4 is 22.2 Å². The molecule has 0 fully saturated rings. The van der Waals surface area contributed by atoms with Crippen LogP contribution in [-0.2, 0) is 0 Å². The molecule has 0 atom stereocenters. The van der Waals surface area contributed by atoms with Gasteiger partial charge in [0.2, 0.25) is 5.13 Å². The van der Waals surface area contributed by atoms with Crippen molar-refractivity contribution in [2.24, 2.45) is 0 Å². The lowest BCUT2D eigenvalue weighted by Crippen LogP contribution is -2.23. The van der Waals surface area contributed by atoms with Gasteiger partial charge in [-0.2, -0.15) is 0 Å². The van der Waals surface area contributed by atoms with E-state index in [2.05, 4.69) is 53.2 Å². The van der Waals surface area contributed by atoms with Crippen LogP contribution in [0.4, 0.5) is 10.8 Å². The van der Waals surface area contributed by atoms with E-state index in [-0.39, 0.29) is 0 Å². The third kappa shape index (κ3) is 2.79. The van der Waals surface area contributed by atoms with E-state index < -0.39 is 0 Å². The van der Waals surface area contributed by atoms with Gasteiger partial charge in [0.05, 0.1) is 0 Å². The first-order valence-electron chi connectivity index (χ1n) is 6.19. The Morgan fingerprint density at radius 2 is 1.89 bits per heavy atom. The lowest BCUT2D eigenvalue weighted by atomic mass is 10.2. The van der Waals surface area contributed by atoms with E-state index >= 15 is 0 Å². The maximum atomic E-state index is 5.59. The predicted molar refractivity (Wildman–Crippen MR) is 77.9 cm³/mol. The normalized spacial score (nSPS) is 10.6. The van der Waals surface area contributed by atoms with Crippen molar-refractivity contribution in [3.63, 3.8) is 0 Å². The Kier molecular flexibility index (Phi) is 4.15. The molecule has 0 aliphatic rings. The molecule has 5 heteroatoms. The van der Waals surface area contributed by atoms with Gasteiger partial charge in [0.25, 0.3) is 0 Å². The van der Waals surface area contributed by atoms with Crippen LogP contribution in [0.5, 0.6) is 0 Å². The maximum absolute atomic E-state index is 5.59. The molecule has 2 rings (SSSR count). The van der Waals surface area contributed by atoms with E-state index in [4.69, 9.17) is 5.73 Å². The number of nitrogens with zero attached hydrogens (tertiary/aromatic N) is 3. The van der Waals surface area contributed by atoms with Crippen LogP contribution in [0.15, 0.2) is 24.3 Å². The van der Waals surface area contributed by atoms with E-state index in [1.165, 1.54) is 17.0 Å². The van der Waals surface area contributed by atoms with Crippen molar-refractivity contribution in [3.05, 3.63) is 24.3 Å². The Morgan fingerprint density at radius 3 is 2.39 bits per heavy atom. The standard InChI is InChI=1S/C13H18N4S/c1-3-9-17(4-2)11-7-5-10(6-8-11)12-15-16-13(14)18-12/h5-8H,3-4,9H2,1-2H3,(H2,14,16). The predicted octanol–water partition coefficient (Wildman–Crippen LogP) is 3.02. The molecule has 18 heavy (non-hydrogen) atoms. The van der Waals surface area contributed by atoms with Crippen LogP contribution < -0.4 is 10.6 Å². The summed E-state index contributed by atoms with van der Waals surface area (Å²) in [4.78, 5) is 2.36. The number of hydrogen-bond donors (Lipinski definition) is 1. The molecule has 0 saturated heterocycles. The third-order valence-corrected chi connectivity index (χ3v) is 3.60. The number of anilines is 2. The molecule has 0 unspecified atom stereocenters. The number of nitrogens with two attached hydrogens (primary N) is 1. The van der Waals surface area contributed by atoms with Gasteiger partial charge in [0, 0.05) is 24.3 Å². The van der Waals surface area contributed by atoms with E-state index in [0.717, 1.165) is 30.1 Å². The first-order chi connectivity index (χ1) is 8.74. The molecule has 0 spiro atoms. The van der Waals surface area contributed by atoms with Crippen molar-refractivity contribution in [1.29, 1.82) is 0 Å². The second-order valence-corrected chi connectivity index (χ2v) is 5.08. The molecule has 1 heterocycles. The molecule has 0 saturated carbocycles. The molecule has 4 nitrogen and oxygen atoms in total. The summed E-state index contributed by atoms with van der Waals surface area (Å²) in [6, 6.07) is 8.42. The summed E-state index contributed by atoms with van der Waals surface area (Å²) in [7, 11) is 0. The number of nitrogen functional groups attached to an aromatic ring is 1. The molecule has 0 aliphatic carbocycles. The molecule has 1 aromatic carbocycles. The van der Waals surface area contributed by atoms with Crippen LogP contribution in [0.1, 0.15) is 20.3 Å². The van der Waals surface area contributed by atoms with Gasteiger partial charge in [-0.25, -0.2) is 0 Å². The summed E-state index contributed by atoms with van der Waals surface area (Å²) in [6.07, 6.45) is 1.16. The fourth-order valence-electron chi connectivity index (χ4n) is 1.91. The van der Waals surface area contributed by atoms with Crippen molar-refractivity contribution in [1.82, 2.24) is 10.2 Å². The zero-order valence-electron chi connectivity index (χ0n) is 10.8. The van der Waals surface area contributed by atoms with Crippen LogP contribution in [0.3, 0.4) is 0 Å². The second kappa shape index (κ2) is 5.82. The van der Waals surface area contributed by atoms with E-state index in [1.54, 1.807) is 0 Å². The van der Waals surface area contributed by atoms with Crippen LogP contribution in [-0.4, -0.2) is 23.3 Å². The molecule has 1 aromatic heterocycles. The van der Waals surface area contributed by atoms with Gasteiger partial charge in [-0.1, -0.05) is 18.3 Å². The first kappa shape index (κ1) is 12.8. The molecule has 2 aromatic rings. The van der Waals surface area contributed by atoms with E-state index in [9.17, 15) is 0 Å². The summed E-state index contributed by atoms with van der Waals surface area (Å²) < 4.78 is 0. The van der Waals surface area contributed by atoms with Gasteiger partial charge in [0.1, 0.15) is 5.01 Å². The van der Waals surface area contributed by atoms with Crippen LogP contribution in [0.25, 0.3) is 10.6 Å². The lowest BCUT2D eigenvalue weighted by molar-refractivity contribution is 0.792. The van der Waals surface area contributed by atoms with Crippen molar-refractivity contribution in [2.75, 3.05) is 23.7 Å². The van der Waals surface area contributed by atoms with Gasteiger partial charge < -0.3 is 10.6 Å². The Labute approximate surface area is 111 Å². The quantitative estimate of drug-likeness (QED) is 0.900. The van der Waals surface area contributed by atoms with E-state index in [1.807, 2.05) is 0 Å². The largest absolute Gasteiger partial charge is 0.374 e. The van der Waals surface area contributed by atoms with Crippen molar-refractivity contribution < 1.29 is 0 Å². The van der Waals surface area contributed by atoms with Gasteiger partial charge in [0.15, 0.2) is 0 Å². The molecular weight excluding hydrogens is 244 g/mol. The van der Waals surface area contributed by atoms with Gasteiger partial charge in [-0.15, -0.1) is 10.2 Å². The zero-order chi connectivity index (χ0) is 13.0. The SMILES string of the molecule is CCCN(CC)c1ccc(-c2nnc(N)s2)cc1. The fraction of sp³-hybridized carbons (Fsp3) is 0.385. The zero-order valence-corrected chi connectivity index (χ0v) is 11.6. The van der Waals surface area contributed by atoms with Crippen LogP contribution in [0, 0.1) is 0 Å². The number of hydrogen-bond acceptors (Lipinski definition) is 5. The van der Waals surface area contributed by atoms with Gasteiger partial charge in [-0.3, -0.25) is 0 Å².